The molecule has 37 heavy (non-hydrogen) atoms. The Morgan fingerprint density at radius 3 is 2.70 bits per heavy atom. The van der Waals surface area contributed by atoms with Gasteiger partial charge in [-0.2, -0.15) is 0 Å². The van der Waals surface area contributed by atoms with E-state index in [2.05, 4.69) is 64.9 Å². The summed E-state index contributed by atoms with van der Waals surface area (Å²) >= 11 is 0. The van der Waals surface area contributed by atoms with Crippen molar-refractivity contribution in [2.45, 2.75) is 131 Å². The van der Waals surface area contributed by atoms with Crippen molar-refractivity contribution >= 4 is 5.71 Å². The summed E-state index contributed by atoms with van der Waals surface area (Å²) in [6.07, 6.45) is 20.9. The van der Waals surface area contributed by atoms with Crippen molar-refractivity contribution in [1.29, 1.82) is 0 Å². The van der Waals surface area contributed by atoms with Crippen LogP contribution in [0.25, 0.3) is 0 Å². The van der Waals surface area contributed by atoms with Crippen LogP contribution in [0.15, 0.2) is 29.0 Å². The Hall–Kier alpha value is -1.13. The zero-order chi connectivity index (χ0) is 26.2. The number of rotatable bonds is 8. The zero-order valence-electron chi connectivity index (χ0n) is 24.5. The van der Waals surface area contributed by atoms with Crippen LogP contribution in [0.4, 0.5) is 0 Å². The summed E-state index contributed by atoms with van der Waals surface area (Å²) < 4.78 is 12.8. The molecule has 0 bridgehead atoms. The van der Waals surface area contributed by atoms with Crippen molar-refractivity contribution in [1.82, 2.24) is 0 Å². The van der Waals surface area contributed by atoms with Crippen molar-refractivity contribution in [3.8, 4) is 0 Å². The molecule has 5 aliphatic rings. The van der Waals surface area contributed by atoms with Crippen LogP contribution in [-0.2, 0) is 14.3 Å². The molecule has 0 radical (unpaired) electrons. The van der Waals surface area contributed by atoms with Crippen molar-refractivity contribution in [3.63, 3.8) is 0 Å². The molecule has 1 heterocycles. The summed E-state index contributed by atoms with van der Waals surface area (Å²) in [5.74, 6) is 3.52. The van der Waals surface area contributed by atoms with E-state index < -0.39 is 0 Å². The number of hydrogen-bond donors (Lipinski definition) is 0. The summed E-state index contributed by atoms with van der Waals surface area (Å²) in [7, 11) is 0. The van der Waals surface area contributed by atoms with Gasteiger partial charge in [-0.3, -0.25) is 0 Å². The number of allylic oxidation sites excluding steroid dienone is 1. The second-order valence-electron chi connectivity index (χ2n) is 13.5. The Bertz CT molecular complexity index is 894. The molecule has 3 fully saturated rings. The summed E-state index contributed by atoms with van der Waals surface area (Å²) in [4.78, 5) is 5.70. The van der Waals surface area contributed by atoms with Crippen LogP contribution in [0.3, 0.4) is 0 Å². The molecule has 4 nitrogen and oxygen atoms in total. The van der Waals surface area contributed by atoms with Gasteiger partial charge in [0.15, 0.2) is 6.29 Å². The molecule has 0 spiro atoms. The highest BCUT2D eigenvalue weighted by molar-refractivity contribution is 5.85. The molecule has 0 aromatic heterocycles. The lowest BCUT2D eigenvalue weighted by Gasteiger charge is -2.58. The quantitative estimate of drug-likeness (QED) is 0.142. The third kappa shape index (κ3) is 5.11. The lowest BCUT2D eigenvalue weighted by atomic mass is 9.47. The highest BCUT2D eigenvalue weighted by Gasteiger charge is 2.59. The second kappa shape index (κ2) is 11.2. The average molecular weight is 512 g/mol. The predicted octanol–water partition coefficient (Wildman–Crippen LogP) is 8.47. The lowest BCUT2D eigenvalue weighted by Crippen LogP contribution is -2.51. The van der Waals surface area contributed by atoms with Crippen LogP contribution in [-0.4, -0.2) is 30.8 Å². The molecular weight excluding hydrogens is 458 g/mol. The van der Waals surface area contributed by atoms with Gasteiger partial charge in [0, 0.05) is 11.8 Å². The van der Waals surface area contributed by atoms with Gasteiger partial charge in [-0.15, -0.1) is 0 Å². The van der Waals surface area contributed by atoms with Gasteiger partial charge < -0.3 is 14.3 Å². The molecule has 208 valence electrons. The van der Waals surface area contributed by atoms with Crippen molar-refractivity contribution in [2.75, 3.05) is 6.61 Å². The molecule has 0 amide bonds. The minimum atomic E-state index is -0.172. The monoisotopic (exact) mass is 511 g/mol. The highest BCUT2D eigenvalue weighted by Crippen LogP contribution is 2.66. The summed E-state index contributed by atoms with van der Waals surface area (Å²) in [5.41, 5.74) is 3.65. The predicted molar refractivity (Wildman–Crippen MR) is 151 cm³/mol. The first-order valence-electron chi connectivity index (χ1n) is 15.6. The molecule has 4 heteroatoms. The average Bonchev–Trinajstić information content (AvgIpc) is 3.25. The first kappa shape index (κ1) is 27.4. The van der Waals surface area contributed by atoms with Gasteiger partial charge in [-0.05, 0) is 106 Å². The maximum Gasteiger partial charge on any atom is 0.177 e. The number of fused-ring (bicyclic) bond motifs is 5. The Balaban J connectivity index is 1.25. The Labute approximate surface area is 226 Å². The fourth-order valence-electron chi connectivity index (χ4n) is 9.32. The Morgan fingerprint density at radius 2 is 1.92 bits per heavy atom. The van der Waals surface area contributed by atoms with Crippen LogP contribution in [0.1, 0.15) is 112 Å². The first-order chi connectivity index (χ1) is 17.8. The van der Waals surface area contributed by atoms with Crippen LogP contribution in [0, 0.1) is 40.4 Å². The minimum Gasteiger partial charge on any atom is -0.396 e. The first-order valence-corrected chi connectivity index (χ1v) is 15.6. The van der Waals surface area contributed by atoms with Gasteiger partial charge in [0.05, 0.1) is 17.9 Å². The summed E-state index contributed by atoms with van der Waals surface area (Å²) in [6.45, 7) is 14.8. The maximum absolute atomic E-state index is 6.54. The summed E-state index contributed by atoms with van der Waals surface area (Å²) in [6, 6.07) is 0. The molecule has 5 rings (SSSR count). The van der Waals surface area contributed by atoms with E-state index in [9.17, 15) is 0 Å². The van der Waals surface area contributed by atoms with E-state index in [4.69, 9.17) is 14.3 Å². The number of unbranched alkanes of at least 4 members (excludes halogenated alkanes) is 1. The van der Waals surface area contributed by atoms with Gasteiger partial charge in [-0.25, -0.2) is 0 Å². The van der Waals surface area contributed by atoms with Crippen LogP contribution >= 0.6 is 0 Å². The molecule has 0 aromatic rings. The third-order valence-corrected chi connectivity index (χ3v) is 11.6. The van der Waals surface area contributed by atoms with Crippen molar-refractivity contribution in [3.05, 3.63) is 23.8 Å². The minimum absolute atomic E-state index is 0.172. The van der Waals surface area contributed by atoms with Gasteiger partial charge in [0.25, 0.3) is 0 Å². The van der Waals surface area contributed by atoms with E-state index in [1.807, 2.05) is 0 Å². The molecule has 0 N–H and O–H groups in total. The summed E-state index contributed by atoms with van der Waals surface area (Å²) in [5, 5.41) is 4.61. The van der Waals surface area contributed by atoms with E-state index in [0.717, 1.165) is 56.5 Å². The van der Waals surface area contributed by atoms with Crippen LogP contribution < -0.4 is 0 Å². The highest BCUT2D eigenvalue weighted by atomic mass is 16.7. The van der Waals surface area contributed by atoms with E-state index in [0.29, 0.717) is 22.7 Å². The standard InChI is InChI=1S/C33H53NO3/c1-7-9-20-35-34-23(4)27-13-14-28-26-12-11-24-21-25(36-31-15-10-22(3)30(8-2)37-31)16-18-32(24,5)29(26)17-19-33(27,28)6/h10-11,15,22,25-31H,7-9,12-14,16-21H2,1-6H3/b34-23+/t22-,25-,26?,27+,28?,29?,30+,31?,32-,33+/m0/s1. The zero-order valence-corrected chi connectivity index (χ0v) is 24.5. The van der Waals surface area contributed by atoms with Gasteiger partial charge >= 0.3 is 0 Å². The van der Waals surface area contributed by atoms with E-state index in [1.165, 1.54) is 44.2 Å². The number of nitrogens with zero attached hydrogens (tertiary/aromatic N) is 1. The smallest absolute Gasteiger partial charge is 0.177 e. The van der Waals surface area contributed by atoms with Crippen LogP contribution in [0.2, 0.25) is 0 Å². The lowest BCUT2D eigenvalue weighted by molar-refractivity contribution is -0.188. The van der Waals surface area contributed by atoms with Crippen molar-refractivity contribution in [2.24, 2.45) is 45.6 Å². The van der Waals surface area contributed by atoms with Gasteiger partial charge in [0.1, 0.15) is 6.61 Å². The van der Waals surface area contributed by atoms with E-state index >= 15 is 0 Å². The number of hydrogen-bond acceptors (Lipinski definition) is 4. The molecule has 4 unspecified atom stereocenters. The third-order valence-electron chi connectivity index (χ3n) is 11.6. The molecule has 3 saturated carbocycles. The Kier molecular flexibility index (Phi) is 8.28. The molecular formula is C33H53NO3. The molecule has 10 atom stereocenters. The van der Waals surface area contributed by atoms with Crippen molar-refractivity contribution < 1.29 is 14.3 Å². The van der Waals surface area contributed by atoms with E-state index in [-0.39, 0.29) is 18.5 Å². The van der Waals surface area contributed by atoms with Gasteiger partial charge in [-0.1, -0.05) is 63.9 Å². The van der Waals surface area contributed by atoms with Crippen LogP contribution in [0.5, 0.6) is 0 Å². The van der Waals surface area contributed by atoms with Gasteiger partial charge in [0.2, 0.25) is 0 Å². The largest absolute Gasteiger partial charge is 0.396 e. The maximum atomic E-state index is 6.54. The topological polar surface area (TPSA) is 40.0 Å². The molecule has 1 aliphatic heterocycles. The molecule has 0 aromatic carbocycles. The Morgan fingerprint density at radius 1 is 1.08 bits per heavy atom. The molecule has 4 aliphatic carbocycles. The second-order valence-corrected chi connectivity index (χ2v) is 13.5. The fourth-order valence-corrected chi connectivity index (χ4v) is 9.32. The molecule has 0 saturated heterocycles. The van der Waals surface area contributed by atoms with E-state index in [1.54, 1.807) is 5.57 Å². The number of oxime groups is 1. The normalized spacial score (nSPS) is 45.6. The number of ether oxygens (including phenoxy) is 2. The SMILES string of the molecule is CCCCO/N=C(\C)[C@H]1CCC2C3CC=C4C[C@@H](OC5C=C[C@H](C)[C@@H](CC)O5)CC[C@]4(C)C3CC[C@@]21C. The fraction of sp³-hybridized carbons (Fsp3) is 0.848.